The summed E-state index contributed by atoms with van der Waals surface area (Å²) in [5, 5.41) is 3.06. The summed E-state index contributed by atoms with van der Waals surface area (Å²) in [5.74, 6) is 0. The number of aromatic nitrogens is 1. The molecular formula is C17H14N2O4. The number of carbonyl (C=O) groups excluding carboxylic acids is 1. The van der Waals surface area contributed by atoms with Crippen LogP contribution in [0.3, 0.4) is 0 Å². The van der Waals surface area contributed by atoms with E-state index < -0.39 is 6.09 Å². The van der Waals surface area contributed by atoms with Crippen molar-refractivity contribution in [3.05, 3.63) is 59.2 Å². The summed E-state index contributed by atoms with van der Waals surface area (Å²) in [6.07, 6.45) is 3.82. The topological polar surface area (TPSA) is 81.4 Å². The van der Waals surface area contributed by atoms with Gasteiger partial charge in [0.15, 0.2) is 5.58 Å². The first-order valence-electron chi connectivity index (χ1n) is 7.09. The van der Waals surface area contributed by atoms with E-state index in [2.05, 4.69) is 10.3 Å². The number of hydrogen-bond acceptors (Lipinski definition) is 5. The Morgan fingerprint density at radius 2 is 2.09 bits per heavy atom. The van der Waals surface area contributed by atoms with Gasteiger partial charge in [0.25, 0.3) is 0 Å². The Labute approximate surface area is 131 Å². The van der Waals surface area contributed by atoms with Gasteiger partial charge in [0.2, 0.25) is 5.43 Å². The molecule has 6 heteroatoms. The largest absolute Gasteiger partial charge is 0.462 e. The van der Waals surface area contributed by atoms with Crippen LogP contribution in [0, 0.1) is 0 Å². The number of para-hydroxylation sites is 1. The molecule has 0 atom stereocenters. The van der Waals surface area contributed by atoms with E-state index in [-0.39, 0.29) is 12.0 Å². The van der Waals surface area contributed by atoms with E-state index in [0.717, 1.165) is 0 Å². The summed E-state index contributed by atoms with van der Waals surface area (Å²) < 4.78 is 10.4. The van der Waals surface area contributed by atoms with Crippen molar-refractivity contribution in [1.82, 2.24) is 4.98 Å². The predicted octanol–water partition coefficient (Wildman–Crippen LogP) is 3.42. The van der Waals surface area contributed by atoms with E-state index in [4.69, 9.17) is 9.15 Å². The van der Waals surface area contributed by atoms with E-state index in [9.17, 15) is 9.59 Å². The van der Waals surface area contributed by atoms with Crippen molar-refractivity contribution in [3.8, 4) is 11.1 Å². The van der Waals surface area contributed by atoms with Gasteiger partial charge in [-0.2, -0.15) is 0 Å². The van der Waals surface area contributed by atoms with Crippen molar-refractivity contribution in [2.75, 3.05) is 11.9 Å². The van der Waals surface area contributed by atoms with Gasteiger partial charge in [-0.05, 0) is 19.1 Å². The van der Waals surface area contributed by atoms with Crippen LogP contribution >= 0.6 is 0 Å². The van der Waals surface area contributed by atoms with Crippen LogP contribution in [0.15, 0.2) is 58.2 Å². The zero-order chi connectivity index (χ0) is 16.2. The molecule has 2 aromatic heterocycles. The number of nitrogens with zero attached hydrogens (tertiary/aromatic N) is 1. The fourth-order valence-electron chi connectivity index (χ4n) is 2.27. The van der Waals surface area contributed by atoms with Crippen LogP contribution in [-0.2, 0) is 4.74 Å². The lowest BCUT2D eigenvalue weighted by molar-refractivity contribution is 0.168. The molecule has 0 aliphatic heterocycles. The van der Waals surface area contributed by atoms with E-state index in [0.29, 0.717) is 27.8 Å². The van der Waals surface area contributed by atoms with Crippen LogP contribution in [-0.4, -0.2) is 17.7 Å². The van der Waals surface area contributed by atoms with Crippen LogP contribution in [0.1, 0.15) is 6.92 Å². The predicted molar refractivity (Wildman–Crippen MR) is 86.4 cm³/mol. The van der Waals surface area contributed by atoms with E-state index >= 15 is 0 Å². The van der Waals surface area contributed by atoms with Crippen molar-refractivity contribution in [1.29, 1.82) is 0 Å². The number of ether oxygens (including phenoxy) is 1. The minimum atomic E-state index is -0.575. The van der Waals surface area contributed by atoms with Crippen LogP contribution in [0.2, 0.25) is 0 Å². The molecule has 23 heavy (non-hydrogen) atoms. The molecule has 0 bridgehead atoms. The molecule has 0 saturated carbocycles. The third-order valence-electron chi connectivity index (χ3n) is 3.31. The second-order valence-electron chi connectivity index (χ2n) is 4.74. The van der Waals surface area contributed by atoms with E-state index in [1.807, 2.05) is 0 Å². The van der Waals surface area contributed by atoms with Crippen molar-refractivity contribution < 1.29 is 13.9 Å². The van der Waals surface area contributed by atoms with Crippen molar-refractivity contribution in [2.45, 2.75) is 6.92 Å². The lowest BCUT2D eigenvalue weighted by Gasteiger charge is -2.10. The van der Waals surface area contributed by atoms with Crippen molar-refractivity contribution in [3.63, 3.8) is 0 Å². The first kappa shape index (κ1) is 14.8. The van der Waals surface area contributed by atoms with Crippen LogP contribution < -0.4 is 10.7 Å². The molecule has 0 aliphatic rings. The number of benzene rings is 1. The number of nitrogens with one attached hydrogen (secondary N) is 1. The lowest BCUT2D eigenvalue weighted by atomic mass is 10.0. The number of carbonyl (C=O) groups is 1. The summed E-state index contributed by atoms with van der Waals surface area (Å²) in [5.41, 5.74) is 1.62. The van der Waals surface area contributed by atoms with Gasteiger partial charge >= 0.3 is 6.09 Å². The third-order valence-corrected chi connectivity index (χ3v) is 3.31. The number of amides is 1. The molecule has 2 heterocycles. The second kappa shape index (κ2) is 6.31. The number of hydrogen-bond donors (Lipinski definition) is 1. The van der Waals surface area contributed by atoms with Gasteiger partial charge in [0.1, 0.15) is 6.26 Å². The molecule has 0 fully saturated rings. The first-order chi connectivity index (χ1) is 11.2. The molecule has 1 N–H and O–H groups in total. The molecule has 116 valence electrons. The minimum Gasteiger partial charge on any atom is -0.462 e. The number of fused-ring (bicyclic) bond motifs is 1. The van der Waals surface area contributed by atoms with Crippen LogP contribution in [0.4, 0.5) is 10.5 Å². The third kappa shape index (κ3) is 2.91. The van der Waals surface area contributed by atoms with E-state index in [1.54, 1.807) is 37.3 Å². The Hall–Kier alpha value is -3.15. The SMILES string of the molecule is CCOC(=O)Nc1ccccc1-c1coc2cnccc2c1=O. The molecule has 0 radical (unpaired) electrons. The zero-order valence-electron chi connectivity index (χ0n) is 12.4. The van der Waals surface area contributed by atoms with Crippen LogP contribution in [0.25, 0.3) is 22.1 Å². The van der Waals surface area contributed by atoms with Gasteiger partial charge in [-0.3, -0.25) is 15.1 Å². The Bertz CT molecular complexity index is 918. The minimum absolute atomic E-state index is 0.188. The number of rotatable bonds is 3. The van der Waals surface area contributed by atoms with Crippen molar-refractivity contribution in [2.24, 2.45) is 0 Å². The van der Waals surface area contributed by atoms with E-state index in [1.165, 1.54) is 18.7 Å². The molecule has 3 aromatic rings. The van der Waals surface area contributed by atoms with Gasteiger partial charge in [-0.25, -0.2) is 4.79 Å². The second-order valence-corrected chi connectivity index (χ2v) is 4.74. The molecule has 0 spiro atoms. The highest BCUT2D eigenvalue weighted by Crippen LogP contribution is 2.27. The van der Waals surface area contributed by atoms with Crippen LogP contribution in [0.5, 0.6) is 0 Å². The summed E-state index contributed by atoms with van der Waals surface area (Å²) in [6.45, 7) is 1.98. The Balaban J connectivity index is 2.11. The van der Waals surface area contributed by atoms with Gasteiger partial charge in [0.05, 0.1) is 29.4 Å². The normalized spacial score (nSPS) is 10.5. The molecule has 3 rings (SSSR count). The van der Waals surface area contributed by atoms with Crippen molar-refractivity contribution >= 4 is 22.7 Å². The fraction of sp³-hybridized carbons (Fsp3) is 0.118. The lowest BCUT2D eigenvalue weighted by Crippen LogP contribution is -2.15. The Kier molecular flexibility index (Phi) is 4.05. The molecule has 1 amide bonds. The first-order valence-corrected chi connectivity index (χ1v) is 7.09. The summed E-state index contributed by atoms with van der Waals surface area (Å²) in [6, 6.07) is 8.58. The highest BCUT2D eigenvalue weighted by Gasteiger charge is 2.14. The summed E-state index contributed by atoms with van der Waals surface area (Å²) >= 11 is 0. The Morgan fingerprint density at radius 3 is 2.91 bits per heavy atom. The van der Waals surface area contributed by atoms with Gasteiger partial charge in [-0.1, -0.05) is 18.2 Å². The smallest absolute Gasteiger partial charge is 0.411 e. The quantitative estimate of drug-likeness (QED) is 0.801. The molecule has 1 aromatic carbocycles. The molecule has 0 unspecified atom stereocenters. The highest BCUT2D eigenvalue weighted by molar-refractivity contribution is 5.92. The molecule has 0 saturated heterocycles. The van der Waals surface area contributed by atoms with Gasteiger partial charge in [-0.15, -0.1) is 0 Å². The zero-order valence-corrected chi connectivity index (χ0v) is 12.4. The molecular weight excluding hydrogens is 296 g/mol. The summed E-state index contributed by atoms with van der Waals surface area (Å²) in [4.78, 5) is 28.2. The maximum Gasteiger partial charge on any atom is 0.411 e. The standard InChI is InChI=1S/C17H14N2O4/c1-2-22-17(21)19-14-6-4-3-5-11(14)13-10-23-15-9-18-8-7-12(15)16(13)20/h3-10H,2H2,1H3,(H,19,21). The van der Waals surface area contributed by atoms with Gasteiger partial charge in [0, 0.05) is 11.8 Å². The maximum absolute atomic E-state index is 12.7. The molecule has 0 aliphatic carbocycles. The average Bonchev–Trinajstić information content (AvgIpc) is 2.57. The number of pyridine rings is 1. The summed E-state index contributed by atoms with van der Waals surface area (Å²) in [7, 11) is 0. The Morgan fingerprint density at radius 1 is 1.26 bits per heavy atom. The number of anilines is 1. The molecule has 6 nitrogen and oxygen atoms in total. The van der Waals surface area contributed by atoms with Gasteiger partial charge < -0.3 is 9.15 Å². The average molecular weight is 310 g/mol. The highest BCUT2D eigenvalue weighted by atomic mass is 16.5. The monoisotopic (exact) mass is 310 g/mol. The fourth-order valence-corrected chi connectivity index (χ4v) is 2.27. The maximum atomic E-state index is 12.7.